The molecule has 0 heterocycles. The molecule has 5 nitrogen and oxygen atoms in total. The number of allylic oxidation sites excluding steroid dienone is 5. The van der Waals surface area contributed by atoms with E-state index in [-0.39, 0.29) is 30.4 Å². The highest BCUT2D eigenvalue weighted by Gasteiger charge is 3.03. The predicted molar refractivity (Wildman–Crippen MR) is 132 cm³/mol. The number of hydrogen-bond acceptors (Lipinski definition) is 5. The molecule has 7 aliphatic rings. The maximum atomic E-state index is 12.5. The van der Waals surface area contributed by atoms with Crippen molar-refractivity contribution >= 4 is 11.8 Å². The number of ketones is 1. The van der Waals surface area contributed by atoms with Gasteiger partial charge in [0.2, 0.25) is 0 Å². The minimum atomic E-state index is -0.526. The van der Waals surface area contributed by atoms with Gasteiger partial charge in [-0.1, -0.05) is 50.3 Å². The Morgan fingerprint density at radius 3 is 2.46 bits per heavy atom. The number of esters is 1. The molecule has 0 aliphatic heterocycles. The number of rotatable bonds is 12. The third kappa shape index (κ3) is 3.13. The van der Waals surface area contributed by atoms with Crippen molar-refractivity contribution in [2.24, 2.45) is 58.2 Å². The minimum absolute atomic E-state index is 0.00199. The van der Waals surface area contributed by atoms with E-state index < -0.39 is 11.5 Å². The highest BCUT2D eigenvalue weighted by molar-refractivity contribution is 6.07. The lowest BCUT2D eigenvalue weighted by Crippen LogP contribution is -3.04. The smallest absolute Gasteiger partial charge is 0.332 e. The maximum Gasteiger partial charge on any atom is 0.332 e. The van der Waals surface area contributed by atoms with Crippen molar-refractivity contribution in [1.29, 1.82) is 0 Å². The van der Waals surface area contributed by atoms with Crippen LogP contribution in [0.5, 0.6) is 0 Å². The van der Waals surface area contributed by atoms with E-state index in [1.54, 1.807) is 19.9 Å². The Hall–Kier alpha value is -1.98. The van der Waals surface area contributed by atoms with Gasteiger partial charge in [0.1, 0.15) is 6.61 Å². The van der Waals surface area contributed by atoms with Gasteiger partial charge in [0.25, 0.3) is 0 Å². The summed E-state index contributed by atoms with van der Waals surface area (Å²) in [5.41, 5.74) is 0.804. The van der Waals surface area contributed by atoms with Crippen molar-refractivity contribution in [2.75, 3.05) is 13.2 Å². The summed E-state index contributed by atoms with van der Waals surface area (Å²) in [5.74, 6) is 6.98. The highest BCUT2D eigenvalue weighted by Crippen LogP contribution is 3.06. The summed E-state index contributed by atoms with van der Waals surface area (Å²) in [5, 5.41) is 11.0. The van der Waals surface area contributed by atoms with Gasteiger partial charge in [-0.15, -0.1) is 0 Å². The molecule has 0 spiro atoms. The number of aliphatic hydroxyl groups excluding tert-OH is 1. The van der Waals surface area contributed by atoms with Gasteiger partial charge in [-0.25, -0.2) is 4.79 Å². The summed E-state index contributed by atoms with van der Waals surface area (Å²) in [6.07, 6.45) is 14.7. The first-order valence-electron chi connectivity index (χ1n) is 13.4. The monoisotopic (exact) mass is 478 g/mol. The molecule has 7 rings (SSSR count). The van der Waals surface area contributed by atoms with Gasteiger partial charge < -0.3 is 14.6 Å². The van der Waals surface area contributed by atoms with Crippen LogP contribution in [0.3, 0.4) is 0 Å². The van der Waals surface area contributed by atoms with E-state index in [1.807, 2.05) is 38.2 Å². The lowest BCUT2D eigenvalue weighted by Gasteiger charge is -3.07. The SMILES string of the molecule is CC(C)OC(=O)COC/C=C\CC1C=CC(=O)/C1=C/C(C)(C)C(O)C/C=C\C12C3C4C5C3C1C5C42. The van der Waals surface area contributed by atoms with E-state index in [0.29, 0.717) is 24.9 Å². The van der Waals surface area contributed by atoms with Crippen molar-refractivity contribution in [3.8, 4) is 0 Å². The fourth-order valence-electron chi connectivity index (χ4n) is 8.84. The fraction of sp³-hybridized carbons (Fsp3) is 0.667. The van der Waals surface area contributed by atoms with Gasteiger partial charge in [-0.05, 0) is 79.6 Å². The molecule has 188 valence electrons. The summed E-state index contributed by atoms with van der Waals surface area (Å²) in [7, 11) is 0. The van der Waals surface area contributed by atoms with Crippen molar-refractivity contribution in [2.45, 2.75) is 52.7 Å². The van der Waals surface area contributed by atoms with Gasteiger partial charge in [0.15, 0.2) is 5.78 Å². The van der Waals surface area contributed by atoms with Gasteiger partial charge in [-0.2, -0.15) is 0 Å². The normalized spacial score (nSPS) is 43.1. The van der Waals surface area contributed by atoms with E-state index in [0.717, 1.165) is 47.0 Å². The Labute approximate surface area is 208 Å². The predicted octanol–water partition coefficient (Wildman–Crippen LogP) is 4.28. The molecule has 0 radical (unpaired) electrons. The standard InChI is InChI=1S/C30H38O5/c1-16(2)35-21(33)15-34-13-6-5-8-17-10-11-19(31)18(17)14-29(3,4)20(32)9-7-12-30-26-23-22-24(26)28(30)25(22)27(23)30/h5-7,10-12,14,16-17,20,22-28,32H,8-9,13,15H2,1-4H3/b6-5-,12-7-,18-14+. The topological polar surface area (TPSA) is 72.8 Å². The average molecular weight is 479 g/mol. The second-order valence-electron chi connectivity index (χ2n) is 12.6. The summed E-state index contributed by atoms with van der Waals surface area (Å²) in [6, 6.07) is 0. The first-order valence-corrected chi connectivity index (χ1v) is 13.4. The molecule has 6 saturated carbocycles. The summed E-state index contributed by atoms with van der Waals surface area (Å²) in [4.78, 5) is 24.0. The summed E-state index contributed by atoms with van der Waals surface area (Å²) < 4.78 is 10.4. The molecule has 0 aromatic rings. The number of carbonyl (C=O) groups excluding carboxylic acids is 2. The largest absolute Gasteiger partial charge is 0.461 e. The molecule has 0 aromatic carbocycles. The molecular formula is C30H38O5. The molecule has 2 unspecified atom stereocenters. The molecule has 5 heteroatoms. The Balaban J connectivity index is 0.982. The molecule has 0 bridgehead atoms. The summed E-state index contributed by atoms with van der Waals surface area (Å²) in [6.45, 7) is 7.90. The zero-order valence-corrected chi connectivity index (χ0v) is 21.2. The van der Waals surface area contributed by atoms with E-state index in [1.165, 1.54) is 0 Å². The molecule has 6 fully saturated rings. The average Bonchev–Trinajstić information content (AvgIpc) is 3.14. The van der Waals surface area contributed by atoms with Crippen LogP contribution in [-0.2, 0) is 19.1 Å². The van der Waals surface area contributed by atoms with E-state index in [9.17, 15) is 14.7 Å². The highest BCUT2D eigenvalue weighted by atomic mass is 16.6. The third-order valence-electron chi connectivity index (χ3n) is 10.2. The van der Waals surface area contributed by atoms with Crippen molar-refractivity contribution in [1.82, 2.24) is 0 Å². The summed E-state index contributed by atoms with van der Waals surface area (Å²) >= 11 is 0. The van der Waals surface area contributed by atoms with E-state index in [4.69, 9.17) is 9.47 Å². The number of ether oxygens (including phenoxy) is 2. The third-order valence-corrected chi connectivity index (χ3v) is 10.2. The lowest BCUT2D eigenvalue weighted by molar-refractivity contribution is -0.599. The minimum Gasteiger partial charge on any atom is -0.461 e. The Bertz CT molecular complexity index is 992. The number of aliphatic hydroxyl groups is 1. The molecule has 7 aliphatic carbocycles. The molecular weight excluding hydrogens is 440 g/mol. The first kappa shape index (κ1) is 23.4. The molecule has 0 saturated heterocycles. The van der Waals surface area contributed by atoms with Crippen LogP contribution < -0.4 is 0 Å². The molecule has 1 N–H and O–H groups in total. The van der Waals surface area contributed by atoms with Gasteiger partial charge in [-0.3, -0.25) is 4.79 Å². The van der Waals surface area contributed by atoms with Crippen molar-refractivity contribution in [3.05, 3.63) is 48.1 Å². The molecule has 0 amide bonds. The van der Waals surface area contributed by atoms with Crippen LogP contribution in [0, 0.1) is 58.2 Å². The molecule has 0 aromatic heterocycles. The van der Waals surface area contributed by atoms with Gasteiger partial charge >= 0.3 is 5.97 Å². The second-order valence-corrected chi connectivity index (χ2v) is 12.6. The number of hydrogen-bond donors (Lipinski definition) is 1. The Kier molecular flexibility index (Phi) is 5.36. The number of carbonyl (C=O) groups is 2. The van der Waals surface area contributed by atoms with Crippen molar-refractivity contribution in [3.63, 3.8) is 0 Å². The quantitative estimate of drug-likeness (QED) is 0.196. The second kappa shape index (κ2) is 8.01. The Morgan fingerprint density at radius 1 is 1.11 bits per heavy atom. The zero-order valence-electron chi connectivity index (χ0n) is 21.2. The van der Waals surface area contributed by atoms with E-state index >= 15 is 0 Å². The van der Waals surface area contributed by atoms with Crippen LogP contribution in [0.25, 0.3) is 0 Å². The maximum absolute atomic E-state index is 12.5. The molecule has 2 atom stereocenters. The van der Waals surface area contributed by atoms with Crippen LogP contribution in [0.1, 0.15) is 40.5 Å². The Morgan fingerprint density at radius 2 is 1.80 bits per heavy atom. The van der Waals surface area contributed by atoms with Gasteiger partial charge in [0.05, 0.1) is 18.8 Å². The first-order chi connectivity index (χ1) is 16.7. The van der Waals surface area contributed by atoms with Gasteiger partial charge in [0, 0.05) is 16.9 Å². The molecule has 35 heavy (non-hydrogen) atoms. The zero-order chi connectivity index (χ0) is 24.7. The van der Waals surface area contributed by atoms with Crippen LogP contribution in [0.15, 0.2) is 48.1 Å². The van der Waals surface area contributed by atoms with Crippen LogP contribution >= 0.6 is 0 Å². The van der Waals surface area contributed by atoms with Crippen LogP contribution in [0.2, 0.25) is 0 Å². The van der Waals surface area contributed by atoms with Crippen molar-refractivity contribution < 1.29 is 24.2 Å². The van der Waals surface area contributed by atoms with Crippen LogP contribution in [0.4, 0.5) is 0 Å². The lowest BCUT2D eigenvalue weighted by atomic mass is 8.96. The van der Waals surface area contributed by atoms with Crippen LogP contribution in [-0.4, -0.2) is 42.3 Å². The fourth-order valence-corrected chi connectivity index (χ4v) is 8.84. The van der Waals surface area contributed by atoms with E-state index in [2.05, 4.69) is 12.2 Å².